The van der Waals surface area contributed by atoms with Gasteiger partial charge >= 0.3 is 0 Å². The molecule has 2 nitrogen and oxygen atoms in total. The lowest BCUT2D eigenvalue weighted by Gasteiger charge is -2.04. The first kappa shape index (κ1) is 10.5. The van der Waals surface area contributed by atoms with Gasteiger partial charge in [0.15, 0.2) is 0 Å². The molecule has 13 heavy (non-hydrogen) atoms. The van der Waals surface area contributed by atoms with Crippen molar-refractivity contribution < 1.29 is 4.74 Å². The van der Waals surface area contributed by atoms with Gasteiger partial charge in [-0.3, -0.25) is 0 Å². The predicted octanol–water partition coefficient (Wildman–Crippen LogP) is 2.73. The smallest absolute Gasteiger partial charge is 0.213 e. The van der Waals surface area contributed by atoms with Crippen LogP contribution in [0.5, 0.6) is 5.88 Å². The van der Waals surface area contributed by atoms with E-state index in [0.717, 1.165) is 23.9 Å². The second kappa shape index (κ2) is 5.22. The van der Waals surface area contributed by atoms with Crippen molar-refractivity contribution in [3.05, 3.63) is 23.4 Å². The third-order valence-electron chi connectivity index (χ3n) is 1.80. The van der Waals surface area contributed by atoms with Crippen molar-refractivity contribution in [2.75, 3.05) is 12.4 Å². The van der Waals surface area contributed by atoms with Crippen LogP contribution in [0.4, 0.5) is 0 Å². The minimum absolute atomic E-state index is 0.713. The van der Waals surface area contributed by atoms with Crippen LogP contribution >= 0.6 is 15.9 Å². The molecule has 0 saturated heterocycles. The van der Waals surface area contributed by atoms with Crippen LogP contribution in [0.2, 0.25) is 0 Å². The first-order valence-corrected chi connectivity index (χ1v) is 5.46. The summed E-state index contributed by atoms with van der Waals surface area (Å²) in [5, 5.41) is 1.04. The van der Waals surface area contributed by atoms with Gasteiger partial charge in [-0.05, 0) is 31.4 Å². The maximum atomic E-state index is 5.09. The Morgan fingerprint density at radius 2 is 2.23 bits per heavy atom. The molecule has 0 atom stereocenters. The standard InChI is InChI=1S/C10H14BrNO/c1-8-6-9(4-3-5-11)7-10(12-8)13-2/h6-7H,3-5H2,1-2H3. The second-order valence-corrected chi connectivity index (χ2v) is 3.74. The Bertz CT molecular complexity index is 276. The van der Waals surface area contributed by atoms with Gasteiger partial charge in [-0.25, -0.2) is 4.98 Å². The summed E-state index contributed by atoms with van der Waals surface area (Å²) < 4.78 is 5.09. The fourth-order valence-electron chi connectivity index (χ4n) is 1.23. The molecule has 1 aromatic heterocycles. The van der Waals surface area contributed by atoms with Gasteiger partial charge in [0.1, 0.15) is 0 Å². The molecule has 0 aliphatic rings. The van der Waals surface area contributed by atoms with Crippen molar-refractivity contribution in [2.24, 2.45) is 0 Å². The molecule has 72 valence electrons. The van der Waals surface area contributed by atoms with E-state index in [1.54, 1.807) is 7.11 Å². The van der Waals surface area contributed by atoms with Crippen LogP contribution in [0.15, 0.2) is 12.1 Å². The predicted molar refractivity (Wildman–Crippen MR) is 57.6 cm³/mol. The van der Waals surface area contributed by atoms with E-state index in [-0.39, 0.29) is 0 Å². The summed E-state index contributed by atoms with van der Waals surface area (Å²) in [5.41, 5.74) is 2.31. The normalized spacial score (nSPS) is 10.1. The maximum absolute atomic E-state index is 5.09. The van der Waals surface area contributed by atoms with Crippen LogP contribution in [0.1, 0.15) is 17.7 Å². The van der Waals surface area contributed by atoms with Crippen molar-refractivity contribution in [1.29, 1.82) is 0 Å². The summed E-state index contributed by atoms with van der Waals surface area (Å²) in [6.45, 7) is 1.99. The number of aryl methyl sites for hydroxylation is 2. The average Bonchev–Trinajstić information content (AvgIpc) is 2.14. The van der Waals surface area contributed by atoms with Crippen molar-refractivity contribution in [3.8, 4) is 5.88 Å². The van der Waals surface area contributed by atoms with Crippen LogP contribution in [-0.4, -0.2) is 17.4 Å². The minimum Gasteiger partial charge on any atom is -0.481 e. The van der Waals surface area contributed by atoms with E-state index in [1.807, 2.05) is 13.0 Å². The lowest BCUT2D eigenvalue weighted by Crippen LogP contribution is -1.94. The molecule has 0 N–H and O–H groups in total. The van der Waals surface area contributed by atoms with Gasteiger partial charge < -0.3 is 4.74 Å². The lowest BCUT2D eigenvalue weighted by molar-refractivity contribution is 0.396. The molecule has 1 aromatic rings. The molecule has 0 radical (unpaired) electrons. The number of nitrogens with zero attached hydrogens (tertiary/aromatic N) is 1. The third-order valence-corrected chi connectivity index (χ3v) is 2.36. The molecule has 0 amide bonds. The average molecular weight is 244 g/mol. The lowest BCUT2D eigenvalue weighted by atomic mass is 10.1. The minimum atomic E-state index is 0.713. The van der Waals surface area contributed by atoms with Crippen LogP contribution < -0.4 is 4.74 Å². The van der Waals surface area contributed by atoms with Crippen molar-refractivity contribution >= 4 is 15.9 Å². The molecule has 0 unspecified atom stereocenters. The highest BCUT2D eigenvalue weighted by molar-refractivity contribution is 9.09. The molecule has 0 aliphatic heterocycles. The Hall–Kier alpha value is -0.570. The van der Waals surface area contributed by atoms with E-state index >= 15 is 0 Å². The zero-order chi connectivity index (χ0) is 9.68. The second-order valence-electron chi connectivity index (χ2n) is 2.95. The number of methoxy groups -OCH3 is 1. The molecule has 0 aliphatic carbocycles. The third kappa shape index (κ3) is 3.35. The number of alkyl halides is 1. The highest BCUT2D eigenvalue weighted by Gasteiger charge is 1.99. The number of pyridine rings is 1. The zero-order valence-corrected chi connectivity index (χ0v) is 9.60. The molecule has 0 spiro atoms. The Labute approximate surface area is 87.5 Å². The van der Waals surface area contributed by atoms with Gasteiger partial charge in [0.2, 0.25) is 5.88 Å². The number of halogens is 1. The summed E-state index contributed by atoms with van der Waals surface area (Å²) in [6.07, 6.45) is 2.22. The van der Waals surface area contributed by atoms with E-state index in [4.69, 9.17) is 4.74 Å². The summed E-state index contributed by atoms with van der Waals surface area (Å²) in [7, 11) is 1.65. The zero-order valence-electron chi connectivity index (χ0n) is 8.01. The Kier molecular flexibility index (Phi) is 4.22. The van der Waals surface area contributed by atoms with Gasteiger partial charge in [0.25, 0.3) is 0 Å². The van der Waals surface area contributed by atoms with Crippen LogP contribution in [0, 0.1) is 6.92 Å². The van der Waals surface area contributed by atoms with E-state index in [0.29, 0.717) is 5.88 Å². The molecule has 3 heteroatoms. The molecule has 1 rings (SSSR count). The van der Waals surface area contributed by atoms with Crippen LogP contribution in [0.3, 0.4) is 0 Å². The number of hydrogen-bond donors (Lipinski definition) is 0. The van der Waals surface area contributed by atoms with E-state index in [1.165, 1.54) is 5.56 Å². The van der Waals surface area contributed by atoms with Crippen molar-refractivity contribution in [1.82, 2.24) is 4.98 Å². The summed E-state index contributed by atoms with van der Waals surface area (Å²) in [4.78, 5) is 4.23. The Morgan fingerprint density at radius 1 is 1.46 bits per heavy atom. The quantitative estimate of drug-likeness (QED) is 0.760. The van der Waals surface area contributed by atoms with Crippen LogP contribution in [0.25, 0.3) is 0 Å². The molecule has 0 fully saturated rings. The van der Waals surface area contributed by atoms with Gasteiger partial charge in [0, 0.05) is 17.1 Å². The highest BCUT2D eigenvalue weighted by Crippen LogP contribution is 2.13. The highest BCUT2D eigenvalue weighted by atomic mass is 79.9. The summed E-state index contributed by atoms with van der Waals surface area (Å²) >= 11 is 3.41. The van der Waals surface area contributed by atoms with E-state index in [9.17, 15) is 0 Å². The largest absolute Gasteiger partial charge is 0.481 e. The SMILES string of the molecule is COc1cc(CCCBr)cc(C)n1. The molecule has 0 saturated carbocycles. The number of rotatable bonds is 4. The molecular formula is C10H14BrNO. The number of aromatic nitrogens is 1. The van der Waals surface area contributed by atoms with Crippen molar-refractivity contribution in [3.63, 3.8) is 0 Å². The summed E-state index contributed by atoms with van der Waals surface area (Å²) in [5.74, 6) is 0.713. The van der Waals surface area contributed by atoms with Gasteiger partial charge in [-0.2, -0.15) is 0 Å². The maximum Gasteiger partial charge on any atom is 0.213 e. The van der Waals surface area contributed by atoms with E-state index < -0.39 is 0 Å². The summed E-state index contributed by atoms with van der Waals surface area (Å²) in [6, 6.07) is 4.10. The van der Waals surface area contributed by atoms with E-state index in [2.05, 4.69) is 27.0 Å². The Balaban J connectivity index is 2.76. The topological polar surface area (TPSA) is 22.1 Å². The van der Waals surface area contributed by atoms with Crippen molar-refractivity contribution in [2.45, 2.75) is 19.8 Å². The fraction of sp³-hybridized carbons (Fsp3) is 0.500. The van der Waals surface area contributed by atoms with Gasteiger partial charge in [-0.1, -0.05) is 15.9 Å². The molecule has 0 bridgehead atoms. The van der Waals surface area contributed by atoms with Gasteiger partial charge in [0.05, 0.1) is 7.11 Å². The molecule has 0 aromatic carbocycles. The Morgan fingerprint density at radius 3 is 2.85 bits per heavy atom. The first-order chi connectivity index (χ1) is 6.26. The van der Waals surface area contributed by atoms with Crippen LogP contribution in [-0.2, 0) is 6.42 Å². The molecule has 1 heterocycles. The number of hydrogen-bond acceptors (Lipinski definition) is 2. The monoisotopic (exact) mass is 243 g/mol. The first-order valence-electron chi connectivity index (χ1n) is 4.34. The fourth-order valence-corrected chi connectivity index (χ4v) is 1.51. The van der Waals surface area contributed by atoms with Gasteiger partial charge in [-0.15, -0.1) is 0 Å². The molecular weight excluding hydrogens is 230 g/mol. The number of ether oxygens (including phenoxy) is 1.